The second-order valence-corrected chi connectivity index (χ2v) is 5.31. The third-order valence-corrected chi connectivity index (χ3v) is 3.52. The molecular weight excluding hydrogens is 271 g/mol. The van der Waals surface area contributed by atoms with Crippen LogP contribution in [0.3, 0.4) is 0 Å². The van der Waals surface area contributed by atoms with Gasteiger partial charge in [-0.1, -0.05) is 43.6 Å². The lowest BCUT2D eigenvalue weighted by molar-refractivity contribution is 0.111. The minimum Gasteiger partial charge on any atom is -0.298 e. The van der Waals surface area contributed by atoms with Gasteiger partial charge in [0.05, 0.1) is 5.56 Å². The molecular formula is C13H16BrFO. The van der Waals surface area contributed by atoms with Crippen molar-refractivity contribution in [2.75, 3.05) is 0 Å². The Kier molecular flexibility index (Phi) is 4.25. The fourth-order valence-corrected chi connectivity index (χ4v) is 3.03. The van der Waals surface area contributed by atoms with Crippen molar-refractivity contribution in [2.24, 2.45) is 0 Å². The van der Waals surface area contributed by atoms with Gasteiger partial charge in [0.25, 0.3) is 0 Å². The monoisotopic (exact) mass is 286 g/mol. The molecule has 3 heteroatoms. The van der Waals surface area contributed by atoms with Gasteiger partial charge in [0, 0.05) is 4.47 Å². The van der Waals surface area contributed by atoms with Crippen LogP contribution in [0, 0.1) is 5.82 Å². The lowest BCUT2D eigenvalue weighted by atomic mass is 9.91. The fraction of sp³-hybridized carbons (Fsp3) is 0.462. The summed E-state index contributed by atoms with van der Waals surface area (Å²) in [5, 5.41) is 0. The summed E-state index contributed by atoms with van der Waals surface area (Å²) in [6.07, 6.45) is 0.597. The predicted molar refractivity (Wildman–Crippen MR) is 67.7 cm³/mol. The van der Waals surface area contributed by atoms with Crippen molar-refractivity contribution in [3.8, 4) is 0 Å². The van der Waals surface area contributed by atoms with Gasteiger partial charge in [0.1, 0.15) is 5.82 Å². The number of hydrogen-bond donors (Lipinski definition) is 0. The van der Waals surface area contributed by atoms with Crippen molar-refractivity contribution >= 4 is 22.2 Å². The Bertz CT molecular complexity index is 411. The second-order valence-electron chi connectivity index (χ2n) is 4.52. The molecule has 0 saturated heterocycles. The number of rotatable bonds is 3. The minimum absolute atomic E-state index is 0.114. The lowest BCUT2D eigenvalue weighted by Crippen LogP contribution is -2.05. The molecule has 0 N–H and O–H groups in total. The van der Waals surface area contributed by atoms with Crippen LogP contribution in [-0.2, 0) is 0 Å². The summed E-state index contributed by atoms with van der Waals surface area (Å²) in [6, 6.07) is 1.45. The standard InChI is InChI=1S/C13H16BrFO/c1-7(2)9-5-11(15)10(6-16)12(8(3)4)13(9)14/h5-8H,1-4H3. The highest BCUT2D eigenvalue weighted by Crippen LogP contribution is 2.35. The van der Waals surface area contributed by atoms with Gasteiger partial charge in [-0.2, -0.15) is 0 Å². The highest BCUT2D eigenvalue weighted by molar-refractivity contribution is 9.10. The van der Waals surface area contributed by atoms with Gasteiger partial charge in [-0.3, -0.25) is 4.79 Å². The van der Waals surface area contributed by atoms with E-state index in [2.05, 4.69) is 15.9 Å². The van der Waals surface area contributed by atoms with E-state index >= 15 is 0 Å². The number of benzene rings is 1. The summed E-state index contributed by atoms with van der Waals surface area (Å²) in [5.41, 5.74) is 1.84. The van der Waals surface area contributed by atoms with Crippen LogP contribution in [0.4, 0.5) is 4.39 Å². The number of carbonyl (C=O) groups is 1. The third-order valence-electron chi connectivity index (χ3n) is 2.64. The fourth-order valence-electron chi connectivity index (χ4n) is 1.78. The molecule has 0 amide bonds. The van der Waals surface area contributed by atoms with Crippen LogP contribution in [0.15, 0.2) is 10.5 Å². The van der Waals surface area contributed by atoms with Gasteiger partial charge in [-0.15, -0.1) is 0 Å². The highest BCUT2D eigenvalue weighted by atomic mass is 79.9. The lowest BCUT2D eigenvalue weighted by Gasteiger charge is -2.18. The van der Waals surface area contributed by atoms with Crippen molar-refractivity contribution in [1.29, 1.82) is 0 Å². The molecule has 0 saturated carbocycles. The molecule has 88 valence electrons. The molecule has 0 heterocycles. The summed E-state index contributed by atoms with van der Waals surface area (Å²) in [7, 11) is 0. The van der Waals surface area contributed by atoms with Crippen molar-refractivity contribution in [3.05, 3.63) is 33.0 Å². The van der Waals surface area contributed by atoms with E-state index < -0.39 is 5.82 Å². The van der Waals surface area contributed by atoms with E-state index in [-0.39, 0.29) is 17.4 Å². The first-order valence-electron chi connectivity index (χ1n) is 5.37. The number of carbonyl (C=O) groups excluding carboxylic acids is 1. The Balaban J connectivity index is 3.59. The van der Waals surface area contributed by atoms with Crippen LogP contribution in [0.5, 0.6) is 0 Å². The minimum atomic E-state index is -0.425. The Morgan fingerprint density at radius 1 is 1.25 bits per heavy atom. The Labute approximate surface area is 104 Å². The molecule has 0 fully saturated rings. The van der Waals surface area contributed by atoms with Crippen molar-refractivity contribution < 1.29 is 9.18 Å². The predicted octanol–water partition coefficient (Wildman–Crippen LogP) is 4.65. The Morgan fingerprint density at radius 3 is 2.19 bits per heavy atom. The Hall–Kier alpha value is -0.700. The number of halogens is 2. The molecule has 0 bridgehead atoms. The Morgan fingerprint density at radius 2 is 1.81 bits per heavy atom. The van der Waals surface area contributed by atoms with E-state index in [1.54, 1.807) is 0 Å². The van der Waals surface area contributed by atoms with E-state index in [4.69, 9.17) is 0 Å². The van der Waals surface area contributed by atoms with Crippen LogP contribution in [0.25, 0.3) is 0 Å². The molecule has 0 unspecified atom stereocenters. The molecule has 16 heavy (non-hydrogen) atoms. The normalized spacial score (nSPS) is 11.2. The van der Waals surface area contributed by atoms with Crippen LogP contribution >= 0.6 is 15.9 Å². The second kappa shape index (κ2) is 5.09. The maximum absolute atomic E-state index is 13.8. The van der Waals surface area contributed by atoms with E-state index in [1.807, 2.05) is 27.7 Å². The van der Waals surface area contributed by atoms with E-state index in [9.17, 15) is 9.18 Å². The highest BCUT2D eigenvalue weighted by Gasteiger charge is 2.19. The zero-order valence-corrected chi connectivity index (χ0v) is 11.6. The summed E-state index contributed by atoms with van der Waals surface area (Å²) < 4.78 is 14.6. The molecule has 1 nitrogen and oxygen atoms in total. The molecule has 0 aliphatic heterocycles. The number of aldehydes is 1. The first-order chi connectivity index (χ1) is 7.40. The van der Waals surface area contributed by atoms with Crippen LogP contribution in [-0.4, -0.2) is 6.29 Å². The van der Waals surface area contributed by atoms with E-state index in [0.29, 0.717) is 6.29 Å². The van der Waals surface area contributed by atoms with Crippen LogP contribution in [0.1, 0.15) is 61.0 Å². The zero-order chi connectivity index (χ0) is 12.5. The smallest absolute Gasteiger partial charge is 0.153 e. The first kappa shape index (κ1) is 13.4. The molecule has 0 aromatic heterocycles. The van der Waals surface area contributed by atoms with Gasteiger partial charge in [0.2, 0.25) is 0 Å². The molecule has 0 aliphatic carbocycles. The quantitative estimate of drug-likeness (QED) is 0.740. The van der Waals surface area contributed by atoms with Gasteiger partial charge >= 0.3 is 0 Å². The summed E-state index contributed by atoms with van der Waals surface area (Å²) >= 11 is 3.48. The van der Waals surface area contributed by atoms with Crippen molar-refractivity contribution in [3.63, 3.8) is 0 Å². The first-order valence-corrected chi connectivity index (χ1v) is 6.16. The maximum atomic E-state index is 13.8. The van der Waals surface area contributed by atoms with E-state index in [0.717, 1.165) is 15.6 Å². The zero-order valence-electron chi connectivity index (χ0n) is 9.97. The third kappa shape index (κ3) is 2.34. The average molecular weight is 287 g/mol. The summed E-state index contributed by atoms with van der Waals surface area (Å²) in [5.74, 6) is -0.0875. The van der Waals surface area contributed by atoms with Gasteiger partial charge in [-0.25, -0.2) is 4.39 Å². The topological polar surface area (TPSA) is 17.1 Å². The molecule has 0 aliphatic rings. The number of hydrogen-bond acceptors (Lipinski definition) is 1. The van der Waals surface area contributed by atoms with Gasteiger partial charge in [-0.05, 0) is 29.0 Å². The summed E-state index contributed by atoms with van der Waals surface area (Å²) in [6.45, 7) is 7.92. The average Bonchev–Trinajstić information content (AvgIpc) is 2.19. The van der Waals surface area contributed by atoms with Crippen molar-refractivity contribution in [1.82, 2.24) is 0 Å². The SMILES string of the molecule is CC(C)c1cc(F)c(C=O)c(C(C)C)c1Br. The molecule has 0 atom stereocenters. The molecule has 1 aromatic rings. The van der Waals surface area contributed by atoms with Crippen LogP contribution in [0.2, 0.25) is 0 Å². The molecule has 0 spiro atoms. The molecule has 1 aromatic carbocycles. The maximum Gasteiger partial charge on any atom is 0.153 e. The summed E-state index contributed by atoms with van der Waals surface area (Å²) in [4.78, 5) is 10.9. The molecule has 0 radical (unpaired) electrons. The van der Waals surface area contributed by atoms with Crippen LogP contribution < -0.4 is 0 Å². The van der Waals surface area contributed by atoms with Crippen molar-refractivity contribution in [2.45, 2.75) is 39.5 Å². The van der Waals surface area contributed by atoms with Gasteiger partial charge < -0.3 is 0 Å². The molecule has 1 rings (SSSR count). The van der Waals surface area contributed by atoms with Gasteiger partial charge in [0.15, 0.2) is 6.29 Å². The van der Waals surface area contributed by atoms with E-state index in [1.165, 1.54) is 6.07 Å². The largest absolute Gasteiger partial charge is 0.298 e.